The molecule has 0 atom stereocenters. The number of anilines is 5. The van der Waals surface area contributed by atoms with Gasteiger partial charge in [0.15, 0.2) is 5.82 Å². The first-order valence-electron chi connectivity index (χ1n) is 11.5. The summed E-state index contributed by atoms with van der Waals surface area (Å²) in [5.41, 5.74) is 2.23. The second-order valence-corrected chi connectivity index (χ2v) is 11.9. The number of ether oxygens (including phenoxy) is 1. The van der Waals surface area contributed by atoms with Crippen LogP contribution in [0.1, 0.15) is 25.3 Å². The largest absolute Gasteiger partial charge is 0.495 e. The lowest BCUT2D eigenvalue weighted by atomic mass is 10.1. The summed E-state index contributed by atoms with van der Waals surface area (Å²) in [5.74, 6) is 6.84. The Bertz CT molecular complexity index is 1430. The topological polar surface area (TPSA) is 105 Å². The van der Waals surface area contributed by atoms with Gasteiger partial charge in [-0.3, -0.25) is 4.79 Å². The van der Waals surface area contributed by atoms with E-state index in [-0.39, 0.29) is 16.9 Å². The average molecular weight is 538 g/mol. The maximum Gasteiger partial charge on any atom is 0.247 e. The normalized spacial score (nSPS) is 10.6. The maximum absolute atomic E-state index is 12.8. The molecule has 1 heterocycles. The second-order valence-electron chi connectivity index (χ2n) is 8.35. The third-order valence-corrected chi connectivity index (χ3v) is 6.94. The molecule has 37 heavy (non-hydrogen) atoms. The Labute approximate surface area is 222 Å². The van der Waals surface area contributed by atoms with E-state index in [1.54, 1.807) is 25.5 Å². The van der Waals surface area contributed by atoms with Gasteiger partial charge >= 0.3 is 0 Å². The van der Waals surface area contributed by atoms with E-state index in [2.05, 4.69) is 44.3 Å². The van der Waals surface area contributed by atoms with Crippen LogP contribution in [0.3, 0.4) is 0 Å². The lowest BCUT2D eigenvalue weighted by molar-refractivity contribution is -0.111. The molecule has 0 spiro atoms. The Kier molecular flexibility index (Phi) is 9.35. The number of unbranched alkanes of at least 4 members (excludes halogenated alkanes) is 1. The Balaban J connectivity index is 1.99. The van der Waals surface area contributed by atoms with Crippen LogP contribution in [-0.4, -0.2) is 36.3 Å². The van der Waals surface area contributed by atoms with Gasteiger partial charge in [0.05, 0.1) is 35.9 Å². The van der Waals surface area contributed by atoms with Gasteiger partial charge in [0, 0.05) is 17.8 Å². The predicted molar refractivity (Wildman–Crippen MR) is 153 cm³/mol. The summed E-state index contributed by atoms with van der Waals surface area (Å²) >= 11 is 6.37. The van der Waals surface area contributed by atoms with Crippen LogP contribution in [0.15, 0.2) is 55.3 Å². The zero-order valence-corrected chi connectivity index (χ0v) is 22.8. The molecule has 0 saturated heterocycles. The van der Waals surface area contributed by atoms with Gasteiger partial charge < -0.3 is 25.3 Å². The van der Waals surface area contributed by atoms with Crippen molar-refractivity contribution in [1.82, 2.24) is 9.97 Å². The van der Waals surface area contributed by atoms with E-state index >= 15 is 0 Å². The Morgan fingerprint density at radius 2 is 1.95 bits per heavy atom. The first-order valence-corrected chi connectivity index (χ1v) is 14.5. The predicted octanol–water partition coefficient (Wildman–Crippen LogP) is 6.15. The number of nitrogens with one attached hydrogen (secondary N) is 3. The lowest BCUT2D eigenvalue weighted by Crippen LogP contribution is -2.11. The zero-order valence-electron chi connectivity index (χ0n) is 21.2. The SMILES string of the molecule is C=CC(=O)Nc1cc(Nc2ncc(Cl)c(Nc3ccccc3P(C)(C)=O)n2)c(OC)cc1C#CCCC. The Hall–Kier alpha value is -3.79. The molecule has 0 aliphatic rings. The number of rotatable bonds is 9. The van der Waals surface area contributed by atoms with Gasteiger partial charge in [0.25, 0.3) is 0 Å². The minimum Gasteiger partial charge on any atom is -0.495 e. The van der Waals surface area contributed by atoms with Crippen molar-refractivity contribution in [2.45, 2.75) is 19.8 Å². The molecule has 3 aromatic rings. The molecule has 10 heteroatoms. The van der Waals surface area contributed by atoms with E-state index in [4.69, 9.17) is 16.3 Å². The van der Waals surface area contributed by atoms with Crippen LogP contribution in [-0.2, 0) is 9.36 Å². The van der Waals surface area contributed by atoms with Crippen LogP contribution < -0.4 is 26.0 Å². The summed E-state index contributed by atoms with van der Waals surface area (Å²) in [6.45, 7) is 8.96. The van der Waals surface area contributed by atoms with Crippen LogP contribution in [0.25, 0.3) is 0 Å². The number of hydrogen-bond acceptors (Lipinski definition) is 7. The number of aromatic nitrogens is 2. The summed E-state index contributed by atoms with van der Waals surface area (Å²) < 4.78 is 18.3. The summed E-state index contributed by atoms with van der Waals surface area (Å²) in [5, 5.41) is 10.0. The number of benzene rings is 2. The van der Waals surface area contributed by atoms with Crippen LogP contribution in [0.4, 0.5) is 28.8 Å². The minimum atomic E-state index is -2.55. The molecule has 0 aliphatic carbocycles. The summed E-state index contributed by atoms with van der Waals surface area (Å²) in [4.78, 5) is 20.8. The third kappa shape index (κ3) is 7.36. The number of halogens is 1. The molecule has 0 radical (unpaired) electrons. The summed E-state index contributed by atoms with van der Waals surface area (Å²) in [7, 11) is -1.02. The first kappa shape index (κ1) is 27.8. The molecule has 8 nitrogen and oxygen atoms in total. The molecule has 0 bridgehead atoms. The molecule has 0 fully saturated rings. The fourth-order valence-electron chi connectivity index (χ4n) is 3.33. The van der Waals surface area contributed by atoms with Gasteiger partial charge in [-0.1, -0.05) is 49.1 Å². The quantitative estimate of drug-likeness (QED) is 0.171. The van der Waals surface area contributed by atoms with Crippen molar-refractivity contribution < 1.29 is 14.1 Å². The van der Waals surface area contributed by atoms with Crippen molar-refractivity contribution in [1.29, 1.82) is 0 Å². The molecule has 3 N–H and O–H groups in total. The van der Waals surface area contributed by atoms with E-state index in [9.17, 15) is 9.36 Å². The van der Waals surface area contributed by atoms with Crippen LogP contribution in [0.2, 0.25) is 5.02 Å². The summed E-state index contributed by atoms with van der Waals surface area (Å²) in [6.07, 6.45) is 4.28. The molecule has 2 aromatic carbocycles. The molecule has 1 aromatic heterocycles. The van der Waals surface area contributed by atoms with E-state index in [1.165, 1.54) is 19.4 Å². The van der Waals surface area contributed by atoms with Gasteiger partial charge in [-0.05, 0) is 44.0 Å². The van der Waals surface area contributed by atoms with E-state index in [0.717, 1.165) is 12.8 Å². The van der Waals surface area contributed by atoms with E-state index < -0.39 is 7.14 Å². The van der Waals surface area contributed by atoms with Crippen LogP contribution in [0, 0.1) is 11.8 Å². The molecule has 1 amide bonds. The zero-order chi connectivity index (χ0) is 27.0. The second kappa shape index (κ2) is 12.4. The molecule has 3 rings (SSSR count). The highest BCUT2D eigenvalue weighted by Gasteiger charge is 2.18. The molecule has 0 aliphatic heterocycles. The highest BCUT2D eigenvalue weighted by atomic mass is 35.5. The van der Waals surface area contributed by atoms with E-state index in [1.807, 2.05) is 31.2 Å². The number of carbonyl (C=O) groups is 1. The summed E-state index contributed by atoms with van der Waals surface area (Å²) in [6, 6.07) is 10.7. The number of para-hydroxylation sites is 1. The highest BCUT2D eigenvalue weighted by Crippen LogP contribution is 2.39. The van der Waals surface area contributed by atoms with Crippen molar-refractivity contribution in [3.8, 4) is 17.6 Å². The minimum absolute atomic E-state index is 0.227. The lowest BCUT2D eigenvalue weighted by Gasteiger charge is -2.17. The van der Waals surface area contributed by atoms with Crippen LogP contribution >= 0.6 is 18.7 Å². The number of carbonyl (C=O) groups excluding carboxylic acids is 1. The molecule has 0 unspecified atom stereocenters. The van der Waals surface area contributed by atoms with Crippen LogP contribution in [0.5, 0.6) is 5.75 Å². The Morgan fingerprint density at radius 1 is 1.19 bits per heavy atom. The van der Waals surface area contributed by atoms with Gasteiger partial charge in [-0.2, -0.15) is 4.98 Å². The fraction of sp³-hybridized carbons (Fsp3) is 0.222. The van der Waals surface area contributed by atoms with Gasteiger partial charge in [-0.15, -0.1) is 0 Å². The van der Waals surface area contributed by atoms with Crippen molar-refractivity contribution in [3.63, 3.8) is 0 Å². The molecular weight excluding hydrogens is 509 g/mol. The number of amides is 1. The average Bonchev–Trinajstić information content (AvgIpc) is 2.87. The molecule has 0 saturated carbocycles. The monoisotopic (exact) mass is 537 g/mol. The number of nitrogens with zero attached hydrogens (tertiary/aromatic N) is 2. The first-order chi connectivity index (χ1) is 17.7. The highest BCUT2D eigenvalue weighted by molar-refractivity contribution is 7.70. The third-order valence-electron chi connectivity index (χ3n) is 5.11. The molecule has 192 valence electrons. The van der Waals surface area contributed by atoms with Gasteiger partial charge in [0.1, 0.15) is 17.9 Å². The number of hydrogen-bond donors (Lipinski definition) is 3. The van der Waals surface area contributed by atoms with E-state index in [0.29, 0.717) is 39.5 Å². The van der Waals surface area contributed by atoms with Crippen molar-refractivity contribution in [2.24, 2.45) is 0 Å². The van der Waals surface area contributed by atoms with Crippen molar-refractivity contribution >= 4 is 58.8 Å². The maximum atomic E-state index is 12.8. The number of methoxy groups -OCH3 is 1. The van der Waals surface area contributed by atoms with Gasteiger partial charge in [-0.25, -0.2) is 4.98 Å². The van der Waals surface area contributed by atoms with Gasteiger partial charge in [0.2, 0.25) is 11.9 Å². The smallest absolute Gasteiger partial charge is 0.247 e. The fourth-order valence-corrected chi connectivity index (χ4v) is 4.63. The van der Waals surface area contributed by atoms with Crippen molar-refractivity contribution in [3.05, 3.63) is 65.8 Å². The van der Waals surface area contributed by atoms with Crippen molar-refractivity contribution in [2.75, 3.05) is 36.4 Å². The standard InChI is InChI=1S/C27H29ClN5O3P/c1-6-8-9-12-18-15-23(36-3)22(16-21(18)30-25(34)7-2)32-27-29-17-19(28)26(33-27)31-20-13-10-11-14-24(20)37(4,5)35/h7,10-11,13-17H,2,6,8H2,1,3-5H3,(H,30,34)(H2,29,31,32,33). The molecular formula is C27H29ClN5O3P. The Morgan fingerprint density at radius 3 is 2.62 bits per heavy atom.